The summed E-state index contributed by atoms with van der Waals surface area (Å²) in [6.07, 6.45) is 0. The molecule has 1 amide bonds. The summed E-state index contributed by atoms with van der Waals surface area (Å²) in [5, 5.41) is 5.13. The summed E-state index contributed by atoms with van der Waals surface area (Å²) < 4.78 is 1.97. The van der Waals surface area contributed by atoms with E-state index in [0.29, 0.717) is 22.6 Å². The maximum Gasteiger partial charge on any atom is 0.289 e. The van der Waals surface area contributed by atoms with Gasteiger partial charge in [0.2, 0.25) is 5.82 Å². The molecule has 5 aromatic rings. The molecule has 0 bridgehead atoms. The average Bonchev–Trinajstić information content (AvgIpc) is 3.13. The van der Waals surface area contributed by atoms with Gasteiger partial charge in [0.05, 0.1) is 10.9 Å². The van der Waals surface area contributed by atoms with Gasteiger partial charge in [0, 0.05) is 22.6 Å². The van der Waals surface area contributed by atoms with E-state index in [2.05, 4.69) is 15.3 Å². The van der Waals surface area contributed by atoms with Crippen molar-refractivity contribution in [2.45, 2.75) is 6.54 Å². The molecule has 3 aromatic carbocycles. The van der Waals surface area contributed by atoms with Gasteiger partial charge in [0.1, 0.15) is 5.82 Å². The van der Waals surface area contributed by atoms with Gasteiger partial charge < -0.3 is 11.1 Å². The number of nitrogens with zero attached hydrogens (tertiary/aromatic N) is 3. The third kappa shape index (κ3) is 3.47. The zero-order valence-corrected chi connectivity index (χ0v) is 17.2. The van der Waals surface area contributed by atoms with Crippen LogP contribution < -0.4 is 11.1 Å². The van der Waals surface area contributed by atoms with Crippen molar-refractivity contribution < 1.29 is 4.79 Å². The van der Waals surface area contributed by atoms with Gasteiger partial charge in [-0.05, 0) is 35.9 Å². The molecule has 31 heavy (non-hydrogen) atoms. The molecule has 3 N–H and O–H groups in total. The van der Waals surface area contributed by atoms with E-state index in [1.54, 1.807) is 0 Å². The summed E-state index contributed by atoms with van der Waals surface area (Å²) in [5.74, 6) is -0.0944. The monoisotopic (exact) mass is 427 g/mol. The third-order valence-corrected chi connectivity index (χ3v) is 5.38. The lowest BCUT2D eigenvalue weighted by atomic mass is 10.2. The highest BCUT2D eigenvalue weighted by atomic mass is 35.5. The van der Waals surface area contributed by atoms with Crippen molar-refractivity contribution in [3.63, 3.8) is 0 Å². The molecule has 5 rings (SSSR count). The number of amides is 1. The molecule has 0 spiro atoms. The second-order valence-electron chi connectivity index (χ2n) is 7.13. The summed E-state index contributed by atoms with van der Waals surface area (Å²) >= 11 is 6.08. The highest BCUT2D eigenvalue weighted by Gasteiger charge is 2.20. The molecule has 0 aliphatic rings. The lowest BCUT2D eigenvalue weighted by molar-refractivity contribution is 0.0941. The van der Waals surface area contributed by atoms with Gasteiger partial charge in [-0.3, -0.25) is 9.36 Å². The Labute approximate surface area is 183 Å². The Morgan fingerprint density at radius 1 is 0.935 bits per heavy atom. The highest BCUT2D eigenvalue weighted by Crippen LogP contribution is 2.33. The maximum atomic E-state index is 12.8. The van der Waals surface area contributed by atoms with Crippen LogP contribution in [0, 0.1) is 0 Å². The third-order valence-electron chi connectivity index (χ3n) is 5.13. The number of anilines is 1. The molecule has 6 nitrogen and oxygen atoms in total. The number of aromatic nitrogens is 3. The zero-order chi connectivity index (χ0) is 21.4. The Bertz CT molecular complexity index is 1410. The fourth-order valence-corrected chi connectivity index (χ4v) is 3.82. The van der Waals surface area contributed by atoms with Crippen LogP contribution in [0.15, 0.2) is 78.9 Å². The number of hydrogen-bond donors (Lipinski definition) is 2. The summed E-state index contributed by atoms with van der Waals surface area (Å²) in [7, 11) is 0. The average molecular weight is 428 g/mol. The molecule has 0 unspecified atom stereocenters. The quantitative estimate of drug-likeness (QED) is 0.433. The predicted octanol–water partition coefficient (Wildman–Crippen LogP) is 4.74. The van der Waals surface area contributed by atoms with Gasteiger partial charge in [0.25, 0.3) is 5.91 Å². The van der Waals surface area contributed by atoms with E-state index in [-0.39, 0.29) is 17.5 Å². The molecule has 0 atom stereocenters. The Morgan fingerprint density at radius 2 is 1.65 bits per heavy atom. The van der Waals surface area contributed by atoms with Gasteiger partial charge in [-0.2, -0.15) is 0 Å². The Kier molecular flexibility index (Phi) is 4.76. The minimum Gasteiger partial charge on any atom is -0.383 e. The van der Waals surface area contributed by atoms with E-state index >= 15 is 0 Å². The molecule has 0 aliphatic heterocycles. The summed E-state index contributed by atoms with van der Waals surface area (Å²) in [5.41, 5.74) is 9.66. The van der Waals surface area contributed by atoms with Crippen molar-refractivity contribution in [2.75, 3.05) is 5.73 Å². The number of para-hydroxylation sites is 1. The number of benzene rings is 3. The van der Waals surface area contributed by atoms with E-state index in [4.69, 9.17) is 17.3 Å². The van der Waals surface area contributed by atoms with Crippen LogP contribution in [0.4, 0.5) is 5.82 Å². The van der Waals surface area contributed by atoms with Crippen molar-refractivity contribution in [3.05, 3.63) is 95.3 Å². The fraction of sp³-hybridized carbons (Fsp3) is 0.0417. The number of nitrogens with two attached hydrogens (primary N) is 1. The first-order valence-corrected chi connectivity index (χ1v) is 10.1. The van der Waals surface area contributed by atoms with Crippen LogP contribution in [0.3, 0.4) is 0 Å². The normalized spacial score (nSPS) is 11.1. The summed E-state index contributed by atoms with van der Waals surface area (Å²) in [6, 6.07) is 24.9. The Morgan fingerprint density at radius 3 is 2.42 bits per heavy atom. The molecule has 0 saturated carbocycles. The number of carbonyl (C=O) groups is 1. The number of carbonyl (C=O) groups excluding carboxylic acids is 1. The van der Waals surface area contributed by atoms with Crippen molar-refractivity contribution in [3.8, 4) is 5.69 Å². The number of nitrogens with one attached hydrogen (secondary N) is 1. The minimum absolute atomic E-state index is 0.0268. The van der Waals surface area contributed by atoms with E-state index < -0.39 is 0 Å². The molecule has 7 heteroatoms. The Hall–Kier alpha value is -3.90. The van der Waals surface area contributed by atoms with Crippen LogP contribution in [-0.4, -0.2) is 20.4 Å². The van der Waals surface area contributed by atoms with Crippen LogP contribution in [0.2, 0.25) is 5.02 Å². The first-order chi connectivity index (χ1) is 15.1. The van der Waals surface area contributed by atoms with Crippen LogP contribution in [0.1, 0.15) is 16.2 Å². The van der Waals surface area contributed by atoms with Gasteiger partial charge in [-0.1, -0.05) is 60.1 Å². The van der Waals surface area contributed by atoms with Crippen LogP contribution in [-0.2, 0) is 6.54 Å². The minimum atomic E-state index is -0.384. The van der Waals surface area contributed by atoms with Gasteiger partial charge in [0.15, 0.2) is 5.65 Å². The molecular formula is C24H18ClN5O. The van der Waals surface area contributed by atoms with Crippen molar-refractivity contribution >= 4 is 45.3 Å². The Balaban J connectivity index is 1.64. The standard InChI is InChI=1S/C24H18ClN5O/c25-16-10-12-17(13-11-16)30-19-9-5-4-8-18(19)20-21(26)28-22(29-23(20)30)24(31)27-14-15-6-2-1-3-7-15/h1-13H,14H2,(H,27,31)(H2,26,28,29). The topological polar surface area (TPSA) is 85.8 Å². The molecular weight excluding hydrogens is 410 g/mol. The molecule has 0 fully saturated rings. The van der Waals surface area contributed by atoms with Gasteiger partial charge in [-0.15, -0.1) is 0 Å². The number of halogens is 1. The number of nitrogen functional groups attached to an aromatic ring is 1. The molecule has 0 radical (unpaired) electrons. The molecule has 2 aromatic heterocycles. The second kappa shape index (κ2) is 7.74. The smallest absolute Gasteiger partial charge is 0.289 e. The van der Waals surface area contributed by atoms with Gasteiger partial charge in [-0.25, -0.2) is 9.97 Å². The molecule has 0 saturated heterocycles. The van der Waals surface area contributed by atoms with Crippen molar-refractivity contribution in [2.24, 2.45) is 0 Å². The first-order valence-electron chi connectivity index (χ1n) is 9.76. The summed E-state index contributed by atoms with van der Waals surface area (Å²) in [6.45, 7) is 0.376. The highest BCUT2D eigenvalue weighted by molar-refractivity contribution is 6.30. The first kappa shape index (κ1) is 19.1. The lowest BCUT2D eigenvalue weighted by Gasteiger charge is -2.09. The SMILES string of the molecule is Nc1nc(C(=O)NCc2ccccc2)nc2c1c1ccccc1n2-c1ccc(Cl)cc1. The van der Waals surface area contributed by atoms with E-state index in [1.165, 1.54) is 0 Å². The van der Waals surface area contributed by atoms with E-state index in [1.807, 2.05) is 83.4 Å². The second-order valence-corrected chi connectivity index (χ2v) is 7.56. The van der Waals surface area contributed by atoms with Crippen LogP contribution >= 0.6 is 11.6 Å². The number of rotatable bonds is 4. The number of hydrogen-bond acceptors (Lipinski definition) is 4. The van der Waals surface area contributed by atoms with Crippen molar-refractivity contribution in [1.82, 2.24) is 19.9 Å². The predicted molar refractivity (Wildman–Crippen MR) is 123 cm³/mol. The van der Waals surface area contributed by atoms with Gasteiger partial charge >= 0.3 is 0 Å². The van der Waals surface area contributed by atoms with E-state index in [0.717, 1.165) is 22.2 Å². The number of fused-ring (bicyclic) bond motifs is 3. The van der Waals surface area contributed by atoms with Crippen LogP contribution in [0.25, 0.3) is 27.6 Å². The zero-order valence-electron chi connectivity index (χ0n) is 16.4. The largest absolute Gasteiger partial charge is 0.383 e. The summed E-state index contributed by atoms with van der Waals surface area (Å²) in [4.78, 5) is 21.7. The lowest BCUT2D eigenvalue weighted by Crippen LogP contribution is -2.25. The molecule has 152 valence electrons. The fourth-order valence-electron chi connectivity index (χ4n) is 3.69. The molecule has 0 aliphatic carbocycles. The van der Waals surface area contributed by atoms with Crippen LogP contribution in [0.5, 0.6) is 0 Å². The maximum absolute atomic E-state index is 12.8. The van der Waals surface area contributed by atoms with Crippen molar-refractivity contribution in [1.29, 1.82) is 0 Å². The van der Waals surface area contributed by atoms with E-state index in [9.17, 15) is 4.79 Å². The molecule has 2 heterocycles.